The van der Waals surface area contributed by atoms with Gasteiger partial charge < -0.3 is 10.6 Å². The van der Waals surface area contributed by atoms with E-state index < -0.39 is 0 Å². The summed E-state index contributed by atoms with van der Waals surface area (Å²) in [7, 11) is 1.88. The molecule has 0 bridgehead atoms. The maximum absolute atomic E-state index is 4.51. The topological polar surface area (TPSA) is 42.9 Å². The molecule has 3 rings (SSSR count). The highest BCUT2D eigenvalue weighted by Crippen LogP contribution is 2.24. The third-order valence-electron chi connectivity index (χ3n) is 6.15. The van der Waals surface area contributed by atoms with Crippen molar-refractivity contribution in [3.05, 3.63) is 35.9 Å². The molecular weight excluding hydrogens is 334 g/mol. The second kappa shape index (κ2) is 9.56. The molecule has 150 valence electrons. The third-order valence-corrected chi connectivity index (χ3v) is 6.15. The van der Waals surface area contributed by atoms with Crippen LogP contribution in [0.1, 0.15) is 45.2 Å². The number of aliphatic imine (C=N–C) groups is 1. The Morgan fingerprint density at radius 2 is 1.81 bits per heavy atom. The van der Waals surface area contributed by atoms with Gasteiger partial charge in [0, 0.05) is 38.8 Å². The minimum atomic E-state index is 0.403. The normalized spacial score (nSPS) is 25.9. The van der Waals surface area contributed by atoms with E-state index in [4.69, 9.17) is 0 Å². The van der Waals surface area contributed by atoms with Gasteiger partial charge >= 0.3 is 0 Å². The number of rotatable bonds is 6. The fourth-order valence-electron chi connectivity index (χ4n) is 4.36. The molecule has 2 heterocycles. The quantitative estimate of drug-likeness (QED) is 0.596. The summed E-state index contributed by atoms with van der Waals surface area (Å²) >= 11 is 0. The Bertz CT molecular complexity index is 594. The lowest BCUT2D eigenvalue weighted by molar-refractivity contribution is 0.245. The summed E-state index contributed by atoms with van der Waals surface area (Å²) in [5.74, 6) is 1.56. The van der Waals surface area contributed by atoms with Gasteiger partial charge in [-0.15, -0.1) is 0 Å². The van der Waals surface area contributed by atoms with Gasteiger partial charge in [0.2, 0.25) is 0 Å². The number of likely N-dealkylation sites (tertiary alicyclic amines) is 2. The van der Waals surface area contributed by atoms with E-state index in [0.717, 1.165) is 25.6 Å². The molecule has 0 saturated carbocycles. The largest absolute Gasteiger partial charge is 0.354 e. The van der Waals surface area contributed by atoms with Gasteiger partial charge in [0.25, 0.3) is 0 Å². The van der Waals surface area contributed by atoms with Crippen LogP contribution in [0, 0.1) is 5.92 Å². The highest BCUT2D eigenvalue weighted by atomic mass is 15.3. The van der Waals surface area contributed by atoms with Crippen molar-refractivity contribution in [3.8, 4) is 0 Å². The van der Waals surface area contributed by atoms with Crippen molar-refractivity contribution in [1.82, 2.24) is 20.4 Å². The molecule has 2 N–H and O–H groups in total. The molecule has 3 atom stereocenters. The van der Waals surface area contributed by atoms with Crippen LogP contribution in [-0.2, 0) is 0 Å². The third kappa shape index (κ3) is 5.23. The number of nitrogens with zero attached hydrogens (tertiary/aromatic N) is 3. The fraction of sp³-hybridized carbons (Fsp3) is 0.682. The minimum absolute atomic E-state index is 0.403. The van der Waals surface area contributed by atoms with Crippen molar-refractivity contribution in [2.75, 3.05) is 39.8 Å². The first-order valence-corrected chi connectivity index (χ1v) is 10.6. The lowest BCUT2D eigenvalue weighted by atomic mass is 10.1. The predicted molar refractivity (Wildman–Crippen MR) is 114 cm³/mol. The predicted octanol–water partition coefficient (Wildman–Crippen LogP) is 2.72. The molecule has 0 radical (unpaired) electrons. The van der Waals surface area contributed by atoms with Crippen LogP contribution >= 0.6 is 0 Å². The van der Waals surface area contributed by atoms with E-state index in [0.29, 0.717) is 24.0 Å². The highest BCUT2D eigenvalue weighted by Gasteiger charge is 2.31. The number of nitrogens with one attached hydrogen (secondary N) is 2. The van der Waals surface area contributed by atoms with Crippen molar-refractivity contribution in [1.29, 1.82) is 0 Å². The minimum Gasteiger partial charge on any atom is -0.354 e. The van der Waals surface area contributed by atoms with Crippen LogP contribution in [0.25, 0.3) is 0 Å². The van der Waals surface area contributed by atoms with E-state index >= 15 is 0 Å². The van der Waals surface area contributed by atoms with Gasteiger partial charge in [-0.3, -0.25) is 14.8 Å². The van der Waals surface area contributed by atoms with Gasteiger partial charge in [0.15, 0.2) is 5.96 Å². The van der Waals surface area contributed by atoms with Crippen molar-refractivity contribution in [2.24, 2.45) is 10.9 Å². The first kappa shape index (κ1) is 20.2. The van der Waals surface area contributed by atoms with Gasteiger partial charge in [-0.1, -0.05) is 37.3 Å². The average molecular weight is 372 g/mol. The first-order chi connectivity index (χ1) is 13.1. The summed E-state index contributed by atoms with van der Waals surface area (Å²) in [6, 6.07) is 12.4. The summed E-state index contributed by atoms with van der Waals surface area (Å²) in [4.78, 5) is 9.66. The van der Waals surface area contributed by atoms with Crippen molar-refractivity contribution in [3.63, 3.8) is 0 Å². The summed E-state index contributed by atoms with van der Waals surface area (Å²) in [5.41, 5.74) is 1.39. The van der Waals surface area contributed by atoms with Crippen LogP contribution in [0.15, 0.2) is 35.3 Å². The van der Waals surface area contributed by atoms with E-state index in [1.54, 1.807) is 0 Å². The monoisotopic (exact) mass is 371 g/mol. The summed E-state index contributed by atoms with van der Waals surface area (Å²) < 4.78 is 0. The summed E-state index contributed by atoms with van der Waals surface area (Å²) in [6.45, 7) is 12.4. The van der Waals surface area contributed by atoms with Crippen molar-refractivity contribution in [2.45, 2.75) is 51.7 Å². The van der Waals surface area contributed by atoms with Crippen LogP contribution in [0.2, 0.25) is 0 Å². The van der Waals surface area contributed by atoms with Gasteiger partial charge in [-0.2, -0.15) is 0 Å². The lowest BCUT2D eigenvalue weighted by Gasteiger charge is -2.29. The molecule has 0 aromatic heterocycles. The first-order valence-electron chi connectivity index (χ1n) is 10.6. The van der Waals surface area contributed by atoms with E-state index in [9.17, 15) is 0 Å². The van der Waals surface area contributed by atoms with Gasteiger partial charge in [0.05, 0.1) is 6.04 Å². The molecule has 2 fully saturated rings. The van der Waals surface area contributed by atoms with E-state index in [2.05, 4.69) is 76.5 Å². The molecule has 0 amide bonds. The maximum atomic E-state index is 4.51. The van der Waals surface area contributed by atoms with Crippen LogP contribution in [0.5, 0.6) is 0 Å². The molecule has 5 nitrogen and oxygen atoms in total. The molecule has 5 heteroatoms. The second-order valence-electron chi connectivity index (χ2n) is 8.40. The summed E-state index contributed by atoms with van der Waals surface area (Å²) in [5, 5.41) is 7.29. The zero-order chi connectivity index (χ0) is 19.2. The Kier molecular flexibility index (Phi) is 7.13. The summed E-state index contributed by atoms with van der Waals surface area (Å²) in [6.07, 6.45) is 2.61. The van der Waals surface area contributed by atoms with E-state index in [1.807, 2.05) is 7.05 Å². The smallest absolute Gasteiger partial charge is 0.191 e. The number of benzene rings is 1. The molecule has 2 saturated heterocycles. The molecule has 27 heavy (non-hydrogen) atoms. The lowest BCUT2D eigenvalue weighted by Crippen LogP contribution is -2.48. The van der Waals surface area contributed by atoms with Gasteiger partial charge in [-0.25, -0.2) is 0 Å². The maximum Gasteiger partial charge on any atom is 0.191 e. The Morgan fingerprint density at radius 3 is 2.41 bits per heavy atom. The number of hydrogen-bond donors (Lipinski definition) is 2. The Labute approximate surface area is 165 Å². The zero-order valence-electron chi connectivity index (χ0n) is 17.5. The molecule has 1 aromatic carbocycles. The SMILES string of the molecule is CN=C(NCC(c1ccccc1)N1CCCC1)NC1CN(C(C)C)CC1C. The van der Waals surface area contributed by atoms with E-state index in [1.165, 1.54) is 31.5 Å². The molecule has 2 aliphatic heterocycles. The van der Waals surface area contributed by atoms with Crippen LogP contribution in [-0.4, -0.2) is 67.6 Å². The number of guanidine groups is 1. The van der Waals surface area contributed by atoms with Crippen LogP contribution in [0.3, 0.4) is 0 Å². The Hall–Kier alpha value is -1.59. The van der Waals surface area contributed by atoms with E-state index in [-0.39, 0.29) is 0 Å². The zero-order valence-corrected chi connectivity index (χ0v) is 17.5. The molecule has 3 unspecified atom stereocenters. The van der Waals surface area contributed by atoms with Crippen LogP contribution in [0.4, 0.5) is 0 Å². The fourth-order valence-corrected chi connectivity index (χ4v) is 4.36. The molecule has 1 aromatic rings. The standard InChI is InChI=1S/C22H37N5/c1-17(2)27-15-18(3)20(16-27)25-22(23-4)24-14-21(26-12-8-9-13-26)19-10-6-5-7-11-19/h5-7,10-11,17-18,20-21H,8-9,12-16H2,1-4H3,(H2,23,24,25). The van der Waals surface area contributed by atoms with Gasteiger partial charge in [-0.05, 0) is 51.3 Å². The number of hydrogen-bond acceptors (Lipinski definition) is 3. The average Bonchev–Trinajstić information content (AvgIpc) is 3.32. The Balaban J connectivity index is 1.60. The molecule has 0 aliphatic carbocycles. The van der Waals surface area contributed by atoms with Crippen LogP contribution < -0.4 is 10.6 Å². The molecular formula is C22H37N5. The van der Waals surface area contributed by atoms with Crippen molar-refractivity contribution >= 4 is 5.96 Å². The molecule has 2 aliphatic rings. The highest BCUT2D eigenvalue weighted by molar-refractivity contribution is 5.80. The van der Waals surface area contributed by atoms with Gasteiger partial charge in [0.1, 0.15) is 0 Å². The van der Waals surface area contributed by atoms with Crippen molar-refractivity contribution < 1.29 is 0 Å². The Morgan fingerprint density at radius 1 is 1.11 bits per heavy atom. The second-order valence-corrected chi connectivity index (χ2v) is 8.40. The molecule has 0 spiro atoms.